The average molecular weight is 471 g/mol. The number of rotatable bonds is 6. The van der Waals surface area contributed by atoms with Gasteiger partial charge in [-0.3, -0.25) is 4.79 Å². The number of benzene rings is 2. The van der Waals surface area contributed by atoms with E-state index in [1.165, 1.54) is 37.1 Å². The summed E-state index contributed by atoms with van der Waals surface area (Å²) in [5, 5.41) is 3.31. The predicted molar refractivity (Wildman–Crippen MR) is 124 cm³/mol. The van der Waals surface area contributed by atoms with E-state index < -0.39 is 5.82 Å². The van der Waals surface area contributed by atoms with Crippen molar-refractivity contribution in [3.8, 4) is 11.3 Å². The van der Waals surface area contributed by atoms with Gasteiger partial charge in [-0.15, -0.1) is 0 Å². The summed E-state index contributed by atoms with van der Waals surface area (Å²) in [7, 11) is 0. The molecule has 1 amide bonds. The summed E-state index contributed by atoms with van der Waals surface area (Å²) in [5.41, 5.74) is 1.88. The Hall–Kier alpha value is -2.93. The van der Waals surface area contributed by atoms with Gasteiger partial charge in [0.15, 0.2) is 0 Å². The van der Waals surface area contributed by atoms with Crippen molar-refractivity contribution in [1.29, 1.82) is 0 Å². The quantitative estimate of drug-likeness (QED) is 0.480. The van der Waals surface area contributed by atoms with Gasteiger partial charge >= 0.3 is 0 Å². The minimum absolute atomic E-state index is 0.00483. The first-order chi connectivity index (χ1) is 15.9. The van der Waals surface area contributed by atoms with E-state index in [0.29, 0.717) is 42.8 Å². The number of halogens is 3. The monoisotopic (exact) mass is 470 g/mol. The third-order valence-corrected chi connectivity index (χ3v) is 6.70. The number of fused-ring (bicyclic) bond motifs is 1. The van der Waals surface area contributed by atoms with Crippen LogP contribution in [0.15, 0.2) is 42.5 Å². The van der Waals surface area contributed by atoms with Crippen LogP contribution in [0.2, 0.25) is 5.02 Å². The van der Waals surface area contributed by atoms with Gasteiger partial charge in [-0.1, -0.05) is 31.4 Å². The summed E-state index contributed by atoms with van der Waals surface area (Å²) in [4.78, 5) is 19.7. The molecule has 5 rings (SSSR count). The molecule has 0 saturated heterocycles. The molecule has 1 aromatic heterocycles. The maximum absolute atomic E-state index is 14.0. The predicted octanol–water partition coefficient (Wildman–Crippen LogP) is 6.00. The van der Waals surface area contributed by atoms with E-state index in [9.17, 15) is 13.6 Å². The molecule has 0 radical (unpaired) electrons. The second-order valence-corrected chi connectivity index (χ2v) is 9.38. The fraction of sp³-hybridized carbons (Fsp3) is 0.360. The molecule has 1 aliphatic carbocycles. The van der Waals surface area contributed by atoms with Crippen LogP contribution < -0.4 is 5.32 Å². The van der Waals surface area contributed by atoms with E-state index in [0.717, 1.165) is 17.8 Å². The number of carbonyl (C=O) groups is 1. The standard InChI is InChI=1S/C25H25ClF2N4O/c1-15(12-16-2-3-16)25(33)31-10-11-32-22(14-31)30-23(17-4-6-18(27)7-5-17)24(32)29-19-8-9-20(26)21(28)13-19/h4-9,13,15-16,29H,2-3,10-12,14H2,1H3. The van der Waals surface area contributed by atoms with Crippen LogP contribution in [-0.4, -0.2) is 26.9 Å². The molecule has 3 aromatic rings. The summed E-state index contributed by atoms with van der Waals surface area (Å²) in [6, 6.07) is 10.6. The number of hydrogen-bond acceptors (Lipinski definition) is 3. The molecule has 172 valence electrons. The van der Waals surface area contributed by atoms with Crippen molar-refractivity contribution in [3.63, 3.8) is 0 Å². The van der Waals surface area contributed by atoms with Gasteiger partial charge in [0.25, 0.3) is 0 Å². The summed E-state index contributed by atoms with van der Waals surface area (Å²) in [5.74, 6) is 1.42. The van der Waals surface area contributed by atoms with Crippen molar-refractivity contribution in [2.45, 2.75) is 39.3 Å². The zero-order valence-corrected chi connectivity index (χ0v) is 19.1. The van der Waals surface area contributed by atoms with Gasteiger partial charge in [-0.25, -0.2) is 13.8 Å². The van der Waals surface area contributed by atoms with Gasteiger partial charge < -0.3 is 14.8 Å². The van der Waals surface area contributed by atoms with Crippen molar-refractivity contribution in [2.75, 3.05) is 11.9 Å². The third-order valence-electron chi connectivity index (χ3n) is 6.39. The maximum Gasteiger partial charge on any atom is 0.225 e. The molecule has 1 N–H and O–H groups in total. The Bertz CT molecular complexity index is 1190. The lowest BCUT2D eigenvalue weighted by Gasteiger charge is -2.30. The van der Waals surface area contributed by atoms with E-state index in [1.54, 1.807) is 18.2 Å². The number of nitrogens with one attached hydrogen (secondary N) is 1. The molecular formula is C25H25ClF2N4O. The lowest BCUT2D eigenvalue weighted by molar-refractivity contribution is -0.136. The molecule has 1 unspecified atom stereocenters. The summed E-state index contributed by atoms with van der Waals surface area (Å²) >= 11 is 5.83. The Morgan fingerprint density at radius 1 is 1.18 bits per heavy atom. The highest BCUT2D eigenvalue weighted by Gasteiger charge is 2.32. The van der Waals surface area contributed by atoms with Crippen LogP contribution in [0.4, 0.5) is 20.3 Å². The van der Waals surface area contributed by atoms with Gasteiger partial charge in [0.2, 0.25) is 5.91 Å². The van der Waals surface area contributed by atoms with Gasteiger partial charge in [0.05, 0.1) is 11.6 Å². The molecule has 33 heavy (non-hydrogen) atoms. The number of hydrogen-bond donors (Lipinski definition) is 1. The van der Waals surface area contributed by atoms with E-state index in [-0.39, 0.29) is 22.7 Å². The first-order valence-electron chi connectivity index (χ1n) is 11.2. The van der Waals surface area contributed by atoms with Crippen LogP contribution in [0.5, 0.6) is 0 Å². The number of nitrogens with zero attached hydrogens (tertiary/aromatic N) is 3. The SMILES string of the molecule is CC(CC1CC1)C(=O)N1CCn2c(nc(-c3ccc(F)cc3)c2Nc2ccc(Cl)c(F)c2)C1. The van der Waals surface area contributed by atoms with Crippen molar-refractivity contribution in [1.82, 2.24) is 14.5 Å². The van der Waals surface area contributed by atoms with Gasteiger partial charge in [-0.05, 0) is 54.8 Å². The topological polar surface area (TPSA) is 50.2 Å². The number of imidazole rings is 1. The van der Waals surface area contributed by atoms with E-state index in [4.69, 9.17) is 16.6 Å². The first kappa shape index (κ1) is 21.9. The number of carbonyl (C=O) groups excluding carboxylic acids is 1. The molecule has 2 aliphatic rings. The second-order valence-electron chi connectivity index (χ2n) is 8.98. The molecular weight excluding hydrogens is 446 g/mol. The zero-order valence-electron chi connectivity index (χ0n) is 18.3. The lowest BCUT2D eigenvalue weighted by Crippen LogP contribution is -2.41. The Morgan fingerprint density at radius 2 is 1.94 bits per heavy atom. The molecule has 8 heteroatoms. The Kier molecular flexibility index (Phi) is 5.83. The Morgan fingerprint density at radius 3 is 2.64 bits per heavy atom. The highest BCUT2D eigenvalue weighted by Crippen LogP contribution is 2.37. The van der Waals surface area contributed by atoms with Gasteiger partial charge in [-0.2, -0.15) is 0 Å². The summed E-state index contributed by atoms with van der Waals surface area (Å²) in [6.45, 7) is 3.54. The van der Waals surface area contributed by atoms with Crippen LogP contribution in [0.3, 0.4) is 0 Å². The largest absolute Gasteiger partial charge is 0.340 e. The minimum Gasteiger partial charge on any atom is -0.340 e. The van der Waals surface area contributed by atoms with Crippen LogP contribution >= 0.6 is 11.6 Å². The van der Waals surface area contributed by atoms with Crippen molar-refractivity contribution < 1.29 is 13.6 Å². The fourth-order valence-corrected chi connectivity index (χ4v) is 4.55. The third kappa shape index (κ3) is 4.60. The van der Waals surface area contributed by atoms with Crippen LogP contribution in [0.1, 0.15) is 32.0 Å². The average Bonchev–Trinajstić information content (AvgIpc) is 3.55. The Balaban J connectivity index is 1.47. The number of anilines is 2. The van der Waals surface area contributed by atoms with Crippen molar-refractivity contribution in [3.05, 3.63) is 64.9 Å². The molecule has 5 nitrogen and oxygen atoms in total. The summed E-state index contributed by atoms with van der Waals surface area (Å²) in [6.07, 6.45) is 3.40. The number of aromatic nitrogens is 2. The lowest BCUT2D eigenvalue weighted by atomic mass is 10.0. The van der Waals surface area contributed by atoms with Gasteiger partial charge in [0, 0.05) is 30.3 Å². The normalized spacial score (nSPS) is 16.4. The van der Waals surface area contributed by atoms with Crippen molar-refractivity contribution in [2.24, 2.45) is 11.8 Å². The molecule has 0 spiro atoms. The van der Waals surface area contributed by atoms with E-state index in [2.05, 4.69) is 5.32 Å². The maximum atomic E-state index is 14.0. The number of amides is 1. The van der Waals surface area contributed by atoms with Crippen LogP contribution in [0.25, 0.3) is 11.3 Å². The van der Waals surface area contributed by atoms with Gasteiger partial charge in [0.1, 0.15) is 29.0 Å². The van der Waals surface area contributed by atoms with Crippen LogP contribution in [-0.2, 0) is 17.9 Å². The highest BCUT2D eigenvalue weighted by atomic mass is 35.5. The Labute approximate surface area is 196 Å². The minimum atomic E-state index is -0.523. The second kappa shape index (κ2) is 8.78. The van der Waals surface area contributed by atoms with Crippen LogP contribution in [0, 0.1) is 23.5 Å². The molecule has 2 heterocycles. The smallest absolute Gasteiger partial charge is 0.225 e. The first-order valence-corrected chi connectivity index (χ1v) is 11.6. The fourth-order valence-electron chi connectivity index (χ4n) is 4.43. The highest BCUT2D eigenvalue weighted by molar-refractivity contribution is 6.30. The summed E-state index contributed by atoms with van der Waals surface area (Å²) < 4.78 is 29.6. The van der Waals surface area contributed by atoms with E-state index in [1.807, 2.05) is 16.4 Å². The zero-order chi connectivity index (χ0) is 23.1. The molecule has 0 bridgehead atoms. The molecule has 1 saturated carbocycles. The molecule has 1 fully saturated rings. The molecule has 1 atom stereocenters. The molecule has 2 aromatic carbocycles. The van der Waals surface area contributed by atoms with E-state index >= 15 is 0 Å². The molecule has 1 aliphatic heterocycles. The van der Waals surface area contributed by atoms with Crippen molar-refractivity contribution >= 4 is 29.0 Å².